The van der Waals surface area contributed by atoms with Crippen LogP contribution in [0.4, 0.5) is 0 Å². The van der Waals surface area contributed by atoms with Gasteiger partial charge in [-0.15, -0.1) is 0 Å². The molecule has 0 radical (unpaired) electrons. The number of piperidine rings is 1. The third kappa shape index (κ3) is 2.98. The molecule has 26 heavy (non-hydrogen) atoms. The van der Waals surface area contributed by atoms with Crippen molar-refractivity contribution in [3.63, 3.8) is 0 Å². The van der Waals surface area contributed by atoms with Crippen LogP contribution in [0.1, 0.15) is 32.7 Å². The highest BCUT2D eigenvalue weighted by Crippen LogP contribution is 2.32. The molecule has 1 fully saturated rings. The van der Waals surface area contributed by atoms with Crippen LogP contribution >= 0.6 is 0 Å². The molecule has 1 amide bonds. The van der Waals surface area contributed by atoms with E-state index in [9.17, 15) is 4.79 Å². The average Bonchev–Trinajstić information content (AvgIpc) is 3.08. The van der Waals surface area contributed by atoms with E-state index in [2.05, 4.69) is 27.8 Å². The van der Waals surface area contributed by atoms with E-state index in [0.717, 1.165) is 48.5 Å². The number of aromatic nitrogens is 3. The molecule has 0 unspecified atom stereocenters. The Hall–Kier alpha value is -2.69. The van der Waals surface area contributed by atoms with Crippen LogP contribution in [0.5, 0.6) is 0 Å². The number of amides is 1. The lowest BCUT2D eigenvalue weighted by molar-refractivity contribution is -0.135. The monoisotopic (exact) mass is 348 g/mol. The van der Waals surface area contributed by atoms with Gasteiger partial charge in [-0.1, -0.05) is 32.0 Å². The second-order valence-corrected chi connectivity index (χ2v) is 7.22. The number of pyridine rings is 1. The number of hydrogen-bond donors (Lipinski definition) is 0. The molecule has 134 valence electrons. The molecule has 3 aromatic rings. The van der Waals surface area contributed by atoms with Gasteiger partial charge in [-0.2, -0.15) is 0 Å². The van der Waals surface area contributed by atoms with Gasteiger partial charge in [0.1, 0.15) is 5.69 Å². The summed E-state index contributed by atoms with van der Waals surface area (Å²) in [5, 5.41) is 0. The van der Waals surface area contributed by atoms with Gasteiger partial charge in [-0.3, -0.25) is 9.78 Å². The Morgan fingerprint density at radius 3 is 2.50 bits per heavy atom. The lowest BCUT2D eigenvalue weighted by atomic mass is 10.0. The number of imidazole rings is 1. The van der Waals surface area contributed by atoms with E-state index in [-0.39, 0.29) is 11.8 Å². The molecule has 0 aliphatic carbocycles. The largest absolute Gasteiger partial charge is 0.342 e. The van der Waals surface area contributed by atoms with Crippen LogP contribution in [0.15, 0.2) is 48.7 Å². The molecular weight excluding hydrogens is 324 g/mol. The first-order chi connectivity index (χ1) is 12.6. The van der Waals surface area contributed by atoms with Crippen molar-refractivity contribution >= 4 is 16.9 Å². The number of likely N-dealkylation sites (tertiary alicyclic amines) is 1. The second kappa shape index (κ2) is 6.90. The molecule has 2 aromatic heterocycles. The van der Waals surface area contributed by atoms with E-state index in [4.69, 9.17) is 4.98 Å². The van der Waals surface area contributed by atoms with E-state index in [1.807, 2.05) is 49.2 Å². The molecule has 3 heterocycles. The highest BCUT2D eigenvalue weighted by molar-refractivity contribution is 5.80. The minimum absolute atomic E-state index is 0.0599. The summed E-state index contributed by atoms with van der Waals surface area (Å²) in [7, 11) is 0. The molecule has 0 atom stereocenters. The topological polar surface area (TPSA) is 51.0 Å². The van der Waals surface area contributed by atoms with Crippen LogP contribution in [-0.4, -0.2) is 38.4 Å². The standard InChI is InChI=1S/C21H24N4O/c1-15(2)21(26)24-13-10-16(11-14-24)25-19-9-4-3-7-17(19)23-20(25)18-8-5-6-12-22-18/h3-9,12,15-16H,10-11,13-14H2,1-2H3. The van der Waals surface area contributed by atoms with Gasteiger partial charge in [-0.25, -0.2) is 4.98 Å². The summed E-state index contributed by atoms with van der Waals surface area (Å²) < 4.78 is 2.33. The number of carbonyl (C=O) groups excluding carboxylic acids is 1. The summed E-state index contributed by atoms with van der Waals surface area (Å²) >= 11 is 0. The summed E-state index contributed by atoms with van der Waals surface area (Å²) in [5.41, 5.74) is 3.03. The molecule has 0 saturated carbocycles. The number of fused-ring (bicyclic) bond motifs is 1. The van der Waals surface area contributed by atoms with E-state index >= 15 is 0 Å². The third-order valence-corrected chi connectivity index (χ3v) is 5.13. The van der Waals surface area contributed by atoms with Crippen LogP contribution in [-0.2, 0) is 4.79 Å². The van der Waals surface area contributed by atoms with Gasteiger partial charge in [0.2, 0.25) is 5.91 Å². The smallest absolute Gasteiger partial charge is 0.225 e. The highest BCUT2D eigenvalue weighted by atomic mass is 16.2. The summed E-state index contributed by atoms with van der Waals surface area (Å²) in [6.07, 6.45) is 3.69. The van der Waals surface area contributed by atoms with Crippen molar-refractivity contribution in [1.82, 2.24) is 19.4 Å². The van der Waals surface area contributed by atoms with Gasteiger partial charge in [0, 0.05) is 31.2 Å². The summed E-state index contributed by atoms with van der Waals surface area (Å²) in [4.78, 5) is 23.7. The minimum atomic E-state index is 0.0599. The fourth-order valence-electron chi connectivity index (χ4n) is 3.80. The lowest BCUT2D eigenvalue weighted by Gasteiger charge is -2.34. The predicted molar refractivity (Wildman–Crippen MR) is 103 cm³/mol. The molecule has 0 N–H and O–H groups in total. The third-order valence-electron chi connectivity index (χ3n) is 5.13. The van der Waals surface area contributed by atoms with Gasteiger partial charge < -0.3 is 9.47 Å². The highest BCUT2D eigenvalue weighted by Gasteiger charge is 2.28. The summed E-state index contributed by atoms with van der Waals surface area (Å²) in [6.45, 7) is 5.54. The van der Waals surface area contributed by atoms with Crippen LogP contribution in [0, 0.1) is 5.92 Å². The number of para-hydroxylation sites is 2. The lowest BCUT2D eigenvalue weighted by Crippen LogP contribution is -2.41. The Kier molecular flexibility index (Phi) is 4.45. The molecule has 0 spiro atoms. The van der Waals surface area contributed by atoms with Gasteiger partial charge in [0.05, 0.1) is 11.0 Å². The molecule has 1 aromatic carbocycles. The number of rotatable bonds is 3. The maximum atomic E-state index is 12.3. The summed E-state index contributed by atoms with van der Waals surface area (Å²) in [5.74, 6) is 1.23. The molecule has 1 saturated heterocycles. The van der Waals surface area contributed by atoms with Crippen molar-refractivity contribution < 1.29 is 4.79 Å². The van der Waals surface area contributed by atoms with E-state index in [1.54, 1.807) is 0 Å². The van der Waals surface area contributed by atoms with Crippen LogP contribution < -0.4 is 0 Å². The fraction of sp³-hybridized carbons (Fsp3) is 0.381. The summed E-state index contributed by atoms with van der Waals surface area (Å²) in [6, 6.07) is 14.5. The Morgan fingerprint density at radius 1 is 1.08 bits per heavy atom. The fourth-order valence-corrected chi connectivity index (χ4v) is 3.80. The quantitative estimate of drug-likeness (QED) is 0.721. The second-order valence-electron chi connectivity index (χ2n) is 7.22. The first-order valence-electron chi connectivity index (χ1n) is 9.32. The van der Waals surface area contributed by atoms with Gasteiger partial charge in [-0.05, 0) is 37.1 Å². The maximum absolute atomic E-state index is 12.3. The predicted octanol–water partition coefficient (Wildman–Crippen LogP) is 3.92. The van der Waals surface area contributed by atoms with Gasteiger partial charge >= 0.3 is 0 Å². The average molecular weight is 348 g/mol. The normalized spacial score (nSPS) is 15.7. The SMILES string of the molecule is CC(C)C(=O)N1CCC(n2c(-c3ccccn3)nc3ccccc32)CC1. The zero-order valence-electron chi connectivity index (χ0n) is 15.3. The van der Waals surface area contributed by atoms with Crippen molar-refractivity contribution in [3.8, 4) is 11.5 Å². The van der Waals surface area contributed by atoms with Crippen molar-refractivity contribution in [2.45, 2.75) is 32.7 Å². The molecule has 1 aliphatic rings. The molecule has 5 heteroatoms. The van der Waals surface area contributed by atoms with E-state index < -0.39 is 0 Å². The Labute approximate surface area is 153 Å². The first-order valence-corrected chi connectivity index (χ1v) is 9.32. The van der Waals surface area contributed by atoms with Crippen molar-refractivity contribution in [2.75, 3.05) is 13.1 Å². The number of nitrogens with zero attached hydrogens (tertiary/aromatic N) is 4. The van der Waals surface area contributed by atoms with Gasteiger partial charge in [0.25, 0.3) is 0 Å². The first kappa shape index (κ1) is 16.8. The molecule has 5 nitrogen and oxygen atoms in total. The molecule has 1 aliphatic heterocycles. The number of hydrogen-bond acceptors (Lipinski definition) is 3. The Morgan fingerprint density at radius 2 is 1.81 bits per heavy atom. The number of carbonyl (C=O) groups is 1. The van der Waals surface area contributed by atoms with Crippen LogP contribution in [0.2, 0.25) is 0 Å². The van der Waals surface area contributed by atoms with Crippen molar-refractivity contribution in [2.24, 2.45) is 5.92 Å². The minimum Gasteiger partial charge on any atom is -0.342 e. The van der Waals surface area contributed by atoms with E-state index in [0.29, 0.717) is 6.04 Å². The Bertz CT molecular complexity index is 908. The van der Waals surface area contributed by atoms with Crippen molar-refractivity contribution in [1.29, 1.82) is 0 Å². The van der Waals surface area contributed by atoms with Crippen LogP contribution in [0.3, 0.4) is 0 Å². The molecule has 4 rings (SSSR count). The van der Waals surface area contributed by atoms with Gasteiger partial charge in [0.15, 0.2) is 5.82 Å². The zero-order valence-corrected chi connectivity index (χ0v) is 15.3. The number of benzene rings is 1. The maximum Gasteiger partial charge on any atom is 0.225 e. The zero-order chi connectivity index (χ0) is 18.1. The van der Waals surface area contributed by atoms with Crippen molar-refractivity contribution in [3.05, 3.63) is 48.7 Å². The van der Waals surface area contributed by atoms with E-state index in [1.165, 1.54) is 0 Å². The van der Waals surface area contributed by atoms with Crippen LogP contribution in [0.25, 0.3) is 22.6 Å². The molecular formula is C21H24N4O. The molecule has 0 bridgehead atoms. The Balaban J connectivity index is 1.69.